The van der Waals surface area contributed by atoms with Crippen LogP contribution in [0.25, 0.3) is 22.3 Å². The number of hydrogen-bond donors (Lipinski definition) is 1. The van der Waals surface area contributed by atoms with E-state index in [1.54, 1.807) is 0 Å². The average molecular weight is 891 g/mol. The number of benzene rings is 3. The van der Waals surface area contributed by atoms with Crippen molar-refractivity contribution >= 4 is 26.5 Å². The fourth-order valence-corrected chi connectivity index (χ4v) is 20.9. The monoisotopic (exact) mass is 891 g/mol. The standard InChI is InChI=1S/C60H92OP2/c1-38(2)44-33-50(40(5)6)56(51(34-44)41(7)8)54-37-55(57-52(42(9)10)35-45(39(3)4)36-53(57)43(11)12)60(63(48-29-21-15-22-30-48)49-31-23-16-24-32-49)58(61)59(54)62(46-25-17-13-18-26-46)47-27-19-14-20-28-47/h33-43,46-49,61H,13-32H2,1-12H3. The number of aromatic hydroxyl groups is 1. The highest BCUT2D eigenvalue weighted by atomic mass is 31.1. The maximum Gasteiger partial charge on any atom is 0.132 e. The summed E-state index contributed by atoms with van der Waals surface area (Å²) in [6.07, 6.45) is 27.3. The van der Waals surface area contributed by atoms with Crippen molar-refractivity contribution < 1.29 is 5.11 Å². The van der Waals surface area contributed by atoms with Gasteiger partial charge in [0, 0.05) is 10.6 Å². The fraction of sp³-hybridized carbons (Fsp3) is 0.700. The summed E-state index contributed by atoms with van der Waals surface area (Å²) in [5.41, 5.74) is 17.7. The van der Waals surface area contributed by atoms with Gasteiger partial charge in [0.25, 0.3) is 0 Å². The Balaban J connectivity index is 1.72. The van der Waals surface area contributed by atoms with Crippen molar-refractivity contribution in [3.05, 3.63) is 63.7 Å². The largest absolute Gasteiger partial charge is 0.507 e. The Labute approximate surface area is 391 Å². The van der Waals surface area contributed by atoms with Crippen LogP contribution in [0.1, 0.15) is 280 Å². The van der Waals surface area contributed by atoms with Gasteiger partial charge in [0.2, 0.25) is 0 Å². The van der Waals surface area contributed by atoms with Crippen molar-refractivity contribution in [3.8, 4) is 28.0 Å². The van der Waals surface area contributed by atoms with Gasteiger partial charge in [-0.15, -0.1) is 0 Å². The minimum Gasteiger partial charge on any atom is -0.507 e. The topological polar surface area (TPSA) is 20.2 Å². The van der Waals surface area contributed by atoms with E-state index in [9.17, 15) is 5.11 Å². The lowest BCUT2D eigenvalue weighted by molar-refractivity contribution is 0.474. The lowest BCUT2D eigenvalue weighted by atomic mass is 9.79. The van der Waals surface area contributed by atoms with E-state index in [-0.39, 0.29) is 0 Å². The summed E-state index contributed by atoms with van der Waals surface area (Å²) in [5.74, 6) is 3.30. The molecular formula is C60H92OP2. The Morgan fingerprint density at radius 2 is 0.587 bits per heavy atom. The zero-order valence-electron chi connectivity index (χ0n) is 42.6. The zero-order valence-corrected chi connectivity index (χ0v) is 44.4. The molecule has 4 fully saturated rings. The molecule has 0 atom stereocenters. The Morgan fingerprint density at radius 3 is 0.794 bits per heavy atom. The fourth-order valence-electron chi connectivity index (χ4n) is 12.8. The summed E-state index contributed by atoms with van der Waals surface area (Å²) in [6, 6.07) is 13.3. The molecule has 0 bridgehead atoms. The normalized spacial score (nSPS) is 19.4. The van der Waals surface area contributed by atoms with Crippen molar-refractivity contribution in [1.29, 1.82) is 0 Å². The summed E-state index contributed by atoms with van der Waals surface area (Å²) in [6.45, 7) is 29.2. The molecule has 1 N–H and O–H groups in total. The van der Waals surface area contributed by atoms with Gasteiger partial charge in [-0.25, -0.2) is 0 Å². The third-order valence-electron chi connectivity index (χ3n) is 16.4. The molecule has 63 heavy (non-hydrogen) atoms. The lowest BCUT2D eigenvalue weighted by Crippen LogP contribution is -2.33. The molecule has 4 aliphatic rings. The lowest BCUT2D eigenvalue weighted by Gasteiger charge is -2.44. The van der Waals surface area contributed by atoms with Gasteiger partial charge < -0.3 is 5.11 Å². The van der Waals surface area contributed by atoms with Crippen LogP contribution in [0.15, 0.2) is 30.3 Å². The van der Waals surface area contributed by atoms with Crippen LogP contribution in [0.5, 0.6) is 5.75 Å². The molecular weight excluding hydrogens is 799 g/mol. The van der Waals surface area contributed by atoms with Gasteiger partial charge in [0.15, 0.2) is 0 Å². The van der Waals surface area contributed by atoms with Gasteiger partial charge in [-0.1, -0.05) is 200 Å². The van der Waals surface area contributed by atoms with Crippen molar-refractivity contribution in [1.82, 2.24) is 0 Å². The minimum absolute atomic E-state index is 0.384. The Morgan fingerprint density at radius 1 is 0.349 bits per heavy atom. The molecule has 4 aliphatic carbocycles. The van der Waals surface area contributed by atoms with Crippen LogP contribution in [-0.2, 0) is 0 Å². The summed E-state index contributed by atoms with van der Waals surface area (Å²) >= 11 is 0. The third kappa shape index (κ3) is 10.7. The Kier molecular flexibility index (Phi) is 17.2. The molecule has 0 unspecified atom stereocenters. The maximum atomic E-state index is 14.6. The van der Waals surface area contributed by atoms with E-state index in [1.165, 1.54) is 195 Å². The first-order chi connectivity index (χ1) is 30.2. The van der Waals surface area contributed by atoms with Gasteiger partial charge in [0.1, 0.15) is 5.75 Å². The Hall–Kier alpha value is -1.68. The van der Waals surface area contributed by atoms with Gasteiger partial charge in [0.05, 0.1) is 0 Å². The molecule has 0 amide bonds. The maximum absolute atomic E-state index is 14.6. The first kappa shape index (κ1) is 49.2. The summed E-state index contributed by atoms with van der Waals surface area (Å²) in [5, 5.41) is 17.5. The van der Waals surface area contributed by atoms with Gasteiger partial charge >= 0.3 is 0 Å². The number of phenolic OH excluding ortho intramolecular Hbond substituents is 1. The van der Waals surface area contributed by atoms with Crippen molar-refractivity contribution in [2.24, 2.45) is 0 Å². The first-order valence-electron chi connectivity index (χ1n) is 27.0. The molecule has 0 aliphatic heterocycles. The predicted octanol–water partition coefficient (Wildman–Crippen LogP) is 19.0. The van der Waals surface area contributed by atoms with E-state index in [0.717, 1.165) is 5.75 Å². The van der Waals surface area contributed by atoms with E-state index in [4.69, 9.17) is 0 Å². The molecule has 0 aromatic heterocycles. The van der Waals surface area contributed by atoms with Crippen LogP contribution in [0, 0.1) is 0 Å². The average Bonchev–Trinajstić information content (AvgIpc) is 3.28. The second-order valence-electron chi connectivity index (χ2n) is 23.1. The number of rotatable bonds is 14. The molecule has 3 aromatic carbocycles. The highest BCUT2D eigenvalue weighted by Gasteiger charge is 2.42. The second-order valence-corrected chi connectivity index (χ2v) is 28.5. The van der Waals surface area contributed by atoms with Crippen LogP contribution in [-0.4, -0.2) is 27.7 Å². The van der Waals surface area contributed by atoms with Crippen LogP contribution in [0.3, 0.4) is 0 Å². The van der Waals surface area contributed by atoms with E-state index in [0.29, 0.717) is 58.1 Å². The summed E-state index contributed by atoms with van der Waals surface area (Å²) in [4.78, 5) is 0. The first-order valence-corrected chi connectivity index (χ1v) is 30.0. The van der Waals surface area contributed by atoms with Crippen molar-refractivity contribution in [2.45, 2.75) is 270 Å². The molecule has 3 aromatic rings. The Bertz CT molecular complexity index is 1730. The van der Waals surface area contributed by atoms with Crippen molar-refractivity contribution in [2.75, 3.05) is 0 Å². The van der Waals surface area contributed by atoms with Gasteiger partial charge in [-0.3, -0.25) is 0 Å². The van der Waals surface area contributed by atoms with Crippen molar-refractivity contribution in [3.63, 3.8) is 0 Å². The molecule has 3 heteroatoms. The quantitative estimate of drug-likeness (QED) is 0.160. The molecule has 0 radical (unpaired) electrons. The molecule has 1 nitrogen and oxygen atoms in total. The summed E-state index contributed by atoms with van der Waals surface area (Å²) in [7, 11) is -1.18. The zero-order chi connectivity index (χ0) is 45.1. The highest BCUT2D eigenvalue weighted by Crippen LogP contribution is 2.63. The molecule has 0 saturated heterocycles. The van der Waals surface area contributed by atoms with Crippen LogP contribution in [0.2, 0.25) is 0 Å². The summed E-state index contributed by atoms with van der Waals surface area (Å²) < 4.78 is 0. The van der Waals surface area contributed by atoms with E-state index in [1.807, 2.05) is 0 Å². The predicted molar refractivity (Wildman–Crippen MR) is 284 cm³/mol. The van der Waals surface area contributed by atoms with Crippen LogP contribution < -0.4 is 10.6 Å². The van der Waals surface area contributed by atoms with E-state index >= 15 is 0 Å². The van der Waals surface area contributed by atoms with E-state index in [2.05, 4.69) is 113 Å². The highest BCUT2D eigenvalue weighted by molar-refractivity contribution is 7.69. The number of phenols is 1. The number of hydrogen-bond acceptors (Lipinski definition) is 1. The molecule has 0 heterocycles. The molecule has 0 spiro atoms. The SMILES string of the molecule is CC(C)c1cc(C(C)C)c(-c2cc(-c3c(C(C)C)cc(C(C)C)cc3C(C)C)c(P(C3CCCCC3)C3CCCCC3)c(O)c2P(C2CCCCC2)C2CCCCC2)c(C(C)C)c1. The van der Waals surface area contributed by atoms with E-state index < -0.39 is 15.8 Å². The molecule has 7 rings (SSSR count). The minimum atomic E-state index is -0.592. The van der Waals surface area contributed by atoms with Crippen LogP contribution in [0.4, 0.5) is 0 Å². The van der Waals surface area contributed by atoms with Crippen LogP contribution >= 0.6 is 15.8 Å². The van der Waals surface area contributed by atoms with Gasteiger partial charge in [-0.2, -0.15) is 0 Å². The second kappa shape index (κ2) is 22.0. The smallest absolute Gasteiger partial charge is 0.132 e. The van der Waals surface area contributed by atoms with Gasteiger partial charge in [-0.05, 0) is 171 Å². The third-order valence-corrected chi connectivity index (χ3v) is 23.6. The molecule has 4 saturated carbocycles. The molecule has 348 valence electrons.